The Hall–Kier alpha value is -3.98. The van der Waals surface area contributed by atoms with Crippen molar-refractivity contribution in [2.24, 2.45) is 0 Å². The van der Waals surface area contributed by atoms with Crippen LogP contribution in [0.1, 0.15) is 22.9 Å². The maximum Gasteiger partial charge on any atom is 0.247 e. The second-order valence-electron chi connectivity index (χ2n) is 8.17. The Bertz CT molecular complexity index is 1360. The van der Waals surface area contributed by atoms with E-state index in [9.17, 15) is 0 Å². The molecule has 1 aliphatic heterocycles. The first-order valence-corrected chi connectivity index (χ1v) is 12.3. The zero-order valence-electron chi connectivity index (χ0n) is 20.4. The molecule has 0 saturated heterocycles. The lowest BCUT2D eigenvalue weighted by Crippen LogP contribution is -2.17. The molecule has 8 nitrogen and oxygen atoms in total. The summed E-state index contributed by atoms with van der Waals surface area (Å²) >= 11 is 1.51. The fourth-order valence-corrected chi connectivity index (χ4v) is 4.68. The van der Waals surface area contributed by atoms with Crippen LogP contribution >= 0.6 is 11.8 Å². The van der Waals surface area contributed by atoms with Crippen molar-refractivity contribution in [1.82, 2.24) is 15.2 Å². The minimum atomic E-state index is -0.590. The smallest absolute Gasteiger partial charge is 0.247 e. The van der Waals surface area contributed by atoms with Gasteiger partial charge in [0.1, 0.15) is 0 Å². The minimum absolute atomic E-state index is 0.396. The fraction of sp³-hybridized carbons (Fsp3) is 0.222. The molecule has 0 radical (unpaired) electrons. The van der Waals surface area contributed by atoms with E-state index >= 15 is 0 Å². The third kappa shape index (κ3) is 4.74. The average Bonchev–Trinajstić information content (AvgIpc) is 3.08. The monoisotopic (exact) mass is 502 g/mol. The van der Waals surface area contributed by atoms with Crippen molar-refractivity contribution in [3.05, 3.63) is 77.4 Å². The fourth-order valence-electron chi connectivity index (χ4n) is 3.94. The summed E-state index contributed by atoms with van der Waals surface area (Å²) in [5.41, 5.74) is 5.48. The van der Waals surface area contributed by atoms with Crippen molar-refractivity contribution >= 4 is 17.4 Å². The van der Waals surface area contributed by atoms with Gasteiger partial charge >= 0.3 is 0 Å². The van der Waals surface area contributed by atoms with Gasteiger partial charge in [-0.3, -0.25) is 0 Å². The molecule has 1 atom stereocenters. The molecule has 0 bridgehead atoms. The lowest BCUT2D eigenvalue weighted by Gasteiger charge is -2.21. The quantitative estimate of drug-likeness (QED) is 0.321. The maximum atomic E-state index is 6.42. The van der Waals surface area contributed by atoms with Gasteiger partial charge in [-0.25, -0.2) is 0 Å². The average molecular weight is 503 g/mol. The molecule has 4 aromatic rings. The normalized spacial score (nSPS) is 13.9. The second-order valence-corrected chi connectivity index (χ2v) is 9.11. The van der Waals surface area contributed by atoms with Crippen LogP contribution in [0.2, 0.25) is 0 Å². The van der Waals surface area contributed by atoms with Crippen LogP contribution in [-0.4, -0.2) is 36.5 Å². The van der Waals surface area contributed by atoms with E-state index in [0.717, 1.165) is 22.6 Å². The third-order valence-electron chi connectivity index (χ3n) is 5.81. The zero-order valence-corrected chi connectivity index (χ0v) is 21.3. The van der Waals surface area contributed by atoms with Crippen LogP contribution in [0.25, 0.3) is 11.3 Å². The largest absolute Gasteiger partial charge is 0.493 e. The van der Waals surface area contributed by atoms with Crippen LogP contribution in [-0.2, 0) is 5.75 Å². The minimum Gasteiger partial charge on any atom is -0.493 e. The number of thioether (sulfide) groups is 1. The Labute approximate surface area is 214 Å². The van der Waals surface area contributed by atoms with Crippen LogP contribution in [0.4, 0.5) is 5.69 Å². The SMILES string of the molecule is COc1cc([C@@H]2Nc3ccccc3-c3nnc(SCc4ccc(C)cc4)nc3O2)cc(OC)c1OC. The van der Waals surface area contributed by atoms with E-state index in [2.05, 4.69) is 46.7 Å². The number of para-hydroxylation sites is 1. The van der Waals surface area contributed by atoms with Gasteiger partial charge in [0, 0.05) is 22.6 Å². The highest BCUT2D eigenvalue weighted by Gasteiger charge is 2.28. The third-order valence-corrected chi connectivity index (χ3v) is 6.72. The lowest BCUT2D eigenvalue weighted by molar-refractivity contribution is 0.223. The molecule has 0 fully saturated rings. The molecule has 1 aromatic heterocycles. The van der Waals surface area contributed by atoms with Crippen LogP contribution in [0, 0.1) is 6.92 Å². The summed E-state index contributed by atoms with van der Waals surface area (Å²) in [6, 6.07) is 20.0. The molecule has 184 valence electrons. The predicted molar refractivity (Wildman–Crippen MR) is 139 cm³/mol. The Morgan fingerprint density at radius 1 is 0.917 bits per heavy atom. The first kappa shape index (κ1) is 23.7. The van der Waals surface area contributed by atoms with E-state index in [1.807, 2.05) is 36.4 Å². The van der Waals surface area contributed by atoms with E-state index in [-0.39, 0.29) is 0 Å². The summed E-state index contributed by atoms with van der Waals surface area (Å²) < 4.78 is 23.0. The van der Waals surface area contributed by atoms with Crippen molar-refractivity contribution in [3.63, 3.8) is 0 Å². The molecular formula is C27H26N4O4S. The number of hydrogen-bond donors (Lipinski definition) is 1. The molecule has 0 amide bonds. The number of benzene rings is 3. The highest BCUT2D eigenvalue weighted by molar-refractivity contribution is 7.98. The lowest BCUT2D eigenvalue weighted by atomic mass is 10.1. The Balaban J connectivity index is 1.51. The zero-order chi connectivity index (χ0) is 25.1. The number of aryl methyl sites for hydroxylation is 1. The van der Waals surface area contributed by atoms with Gasteiger partial charge in [0.25, 0.3) is 0 Å². The number of ether oxygens (including phenoxy) is 4. The number of nitrogens with one attached hydrogen (secondary N) is 1. The van der Waals surface area contributed by atoms with Crippen LogP contribution in [0.15, 0.2) is 65.8 Å². The van der Waals surface area contributed by atoms with E-state index in [0.29, 0.717) is 34.0 Å². The number of fused-ring (bicyclic) bond motifs is 3. The molecule has 2 heterocycles. The summed E-state index contributed by atoms with van der Waals surface area (Å²) in [5, 5.41) is 12.9. The summed E-state index contributed by atoms with van der Waals surface area (Å²) in [7, 11) is 4.74. The van der Waals surface area contributed by atoms with Gasteiger partial charge in [0.2, 0.25) is 16.8 Å². The van der Waals surface area contributed by atoms with Gasteiger partial charge in [-0.05, 0) is 30.7 Å². The molecule has 9 heteroatoms. The van der Waals surface area contributed by atoms with Crippen molar-refractivity contribution in [3.8, 4) is 34.4 Å². The molecule has 0 saturated carbocycles. The summed E-state index contributed by atoms with van der Waals surface area (Å²) in [5.74, 6) is 2.70. The number of nitrogens with zero attached hydrogens (tertiary/aromatic N) is 3. The molecule has 36 heavy (non-hydrogen) atoms. The van der Waals surface area contributed by atoms with E-state index < -0.39 is 6.23 Å². The van der Waals surface area contributed by atoms with Crippen molar-refractivity contribution in [1.29, 1.82) is 0 Å². The second kappa shape index (κ2) is 10.3. The summed E-state index contributed by atoms with van der Waals surface area (Å²) in [4.78, 5) is 4.74. The molecule has 1 aliphatic rings. The van der Waals surface area contributed by atoms with Gasteiger partial charge in [-0.1, -0.05) is 59.8 Å². The van der Waals surface area contributed by atoms with Gasteiger partial charge < -0.3 is 24.3 Å². The van der Waals surface area contributed by atoms with Crippen LogP contribution < -0.4 is 24.3 Å². The van der Waals surface area contributed by atoms with Gasteiger partial charge in [0.05, 0.1) is 21.3 Å². The topological polar surface area (TPSA) is 87.6 Å². The molecule has 5 rings (SSSR count). The van der Waals surface area contributed by atoms with Crippen LogP contribution in [0.5, 0.6) is 23.1 Å². The van der Waals surface area contributed by atoms with E-state index in [1.54, 1.807) is 21.3 Å². The Morgan fingerprint density at radius 3 is 2.33 bits per heavy atom. The standard InChI is InChI=1S/C27H26N4O4S/c1-16-9-11-17(12-10-16)15-36-27-29-26-23(30-31-27)19-7-5-6-8-20(19)28-25(35-26)18-13-21(32-2)24(34-4)22(14-18)33-3/h5-14,25,28H,15H2,1-4H3/t25-/m1/s1. The van der Waals surface area contributed by atoms with Crippen molar-refractivity contribution < 1.29 is 18.9 Å². The van der Waals surface area contributed by atoms with E-state index in [1.165, 1.54) is 22.9 Å². The maximum absolute atomic E-state index is 6.42. The van der Waals surface area contributed by atoms with Gasteiger partial charge in [0.15, 0.2) is 23.4 Å². The molecule has 1 N–H and O–H groups in total. The first-order valence-electron chi connectivity index (χ1n) is 11.3. The Morgan fingerprint density at radius 2 is 1.64 bits per heavy atom. The number of aromatic nitrogens is 3. The molecule has 0 spiro atoms. The number of hydrogen-bond acceptors (Lipinski definition) is 9. The summed E-state index contributed by atoms with van der Waals surface area (Å²) in [6.07, 6.45) is -0.590. The first-order chi connectivity index (χ1) is 17.6. The molecule has 0 aliphatic carbocycles. The Kier molecular flexibility index (Phi) is 6.81. The van der Waals surface area contributed by atoms with Crippen molar-refractivity contribution in [2.45, 2.75) is 24.1 Å². The number of methoxy groups -OCH3 is 3. The van der Waals surface area contributed by atoms with Crippen LogP contribution in [0.3, 0.4) is 0 Å². The number of rotatable bonds is 7. The highest BCUT2D eigenvalue weighted by Crippen LogP contribution is 2.44. The summed E-state index contributed by atoms with van der Waals surface area (Å²) in [6.45, 7) is 2.07. The molecule has 0 unspecified atom stereocenters. The van der Waals surface area contributed by atoms with Crippen molar-refractivity contribution in [2.75, 3.05) is 26.6 Å². The van der Waals surface area contributed by atoms with E-state index in [4.69, 9.17) is 23.9 Å². The van der Waals surface area contributed by atoms with Gasteiger partial charge in [-0.15, -0.1) is 10.2 Å². The highest BCUT2D eigenvalue weighted by atomic mass is 32.2. The molecular weight excluding hydrogens is 476 g/mol. The number of anilines is 1. The van der Waals surface area contributed by atoms with Gasteiger partial charge in [-0.2, -0.15) is 4.98 Å². The predicted octanol–water partition coefficient (Wildman–Crippen LogP) is 5.67. The molecule has 3 aromatic carbocycles.